The molecule has 1 N–H and O–H groups in total. The highest BCUT2D eigenvalue weighted by Gasteiger charge is 2.08. The van der Waals surface area contributed by atoms with Crippen LogP contribution in [0, 0.1) is 25.2 Å². The Labute approximate surface area is 71.1 Å². The van der Waals surface area contributed by atoms with Gasteiger partial charge in [-0.25, -0.2) is 0 Å². The van der Waals surface area contributed by atoms with Crippen LogP contribution in [0.4, 0.5) is 0 Å². The van der Waals surface area contributed by atoms with Gasteiger partial charge < -0.3 is 5.11 Å². The Hall–Kier alpha value is -1.34. The highest BCUT2D eigenvalue weighted by atomic mass is 16.3. The zero-order valence-electron chi connectivity index (χ0n) is 7.20. The lowest BCUT2D eigenvalue weighted by Gasteiger charge is -1.97. The largest absolute Gasteiger partial charge is 0.392 e. The fourth-order valence-electron chi connectivity index (χ4n) is 1.18. The van der Waals surface area contributed by atoms with Crippen molar-refractivity contribution in [1.82, 2.24) is 9.78 Å². The van der Waals surface area contributed by atoms with Crippen molar-refractivity contribution in [3.8, 4) is 6.07 Å². The van der Waals surface area contributed by atoms with Crippen LogP contribution >= 0.6 is 0 Å². The SMILES string of the molecule is Cc1nn(CC#N)c(C)c1CO. The zero-order valence-corrected chi connectivity index (χ0v) is 7.20. The van der Waals surface area contributed by atoms with Crippen LogP contribution in [-0.2, 0) is 13.2 Å². The van der Waals surface area contributed by atoms with Crippen molar-refractivity contribution in [2.45, 2.75) is 27.0 Å². The van der Waals surface area contributed by atoms with Gasteiger partial charge in [-0.1, -0.05) is 0 Å². The van der Waals surface area contributed by atoms with E-state index in [4.69, 9.17) is 10.4 Å². The first-order valence-electron chi connectivity index (χ1n) is 3.71. The number of rotatable bonds is 2. The lowest BCUT2D eigenvalue weighted by atomic mass is 10.2. The third-order valence-electron chi connectivity index (χ3n) is 1.91. The Bertz CT molecular complexity index is 322. The molecule has 0 aliphatic rings. The summed E-state index contributed by atoms with van der Waals surface area (Å²) in [6, 6.07) is 2.01. The number of aliphatic hydroxyl groups is 1. The molecule has 12 heavy (non-hydrogen) atoms. The number of nitrogens with zero attached hydrogens (tertiary/aromatic N) is 3. The first-order chi connectivity index (χ1) is 5.70. The fraction of sp³-hybridized carbons (Fsp3) is 0.500. The number of nitriles is 1. The van der Waals surface area contributed by atoms with Gasteiger partial charge in [0.1, 0.15) is 6.54 Å². The lowest BCUT2D eigenvalue weighted by molar-refractivity contribution is 0.280. The van der Waals surface area contributed by atoms with E-state index in [0.29, 0.717) is 0 Å². The molecule has 0 aromatic carbocycles. The molecule has 1 heterocycles. The van der Waals surface area contributed by atoms with E-state index in [-0.39, 0.29) is 13.2 Å². The second-order valence-electron chi connectivity index (χ2n) is 2.62. The molecule has 0 amide bonds. The van der Waals surface area contributed by atoms with E-state index in [1.807, 2.05) is 19.9 Å². The van der Waals surface area contributed by atoms with Gasteiger partial charge in [-0.05, 0) is 13.8 Å². The van der Waals surface area contributed by atoms with Crippen LogP contribution in [0.1, 0.15) is 17.0 Å². The quantitative estimate of drug-likeness (QED) is 0.694. The van der Waals surface area contributed by atoms with Crippen LogP contribution in [0.5, 0.6) is 0 Å². The molecule has 0 aliphatic carbocycles. The minimum atomic E-state index is -0.0108. The number of aromatic nitrogens is 2. The molecule has 0 saturated heterocycles. The van der Waals surface area contributed by atoms with Crippen molar-refractivity contribution >= 4 is 0 Å². The second-order valence-corrected chi connectivity index (χ2v) is 2.62. The number of hydrogen-bond acceptors (Lipinski definition) is 3. The van der Waals surface area contributed by atoms with E-state index in [0.717, 1.165) is 17.0 Å². The normalized spacial score (nSPS) is 9.83. The van der Waals surface area contributed by atoms with E-state index in [1.54, 1.807) is 4.68 Å². The number of hydrogen-bond donors (Lipinski definition) is 1. The van der Waals surface area contributed by atoms with E-state index in [1.165, 1.54) is 0 Å². The molecule has 4 nitrogen and oxygen atoms in total. The van der Waals surface area contributed by atoms with Gasteiger partial charge in [0.25, 0.3) is 0 Å². The van der Waals surface area contributed by atoms with E-state index < -0.39 is 0 Å². The van der Waals surface area contributed by atoms with Gasteiger partial charge in [-0.3, -0.25) is 4.68 Å². The van der Waals surface area contributed by atoms with Gasteiger partial charge >= 0.3 is 0 Å². The fourth-order valence-corrected chi connectivity index (χ4v) is 1.18. The summed E-state index contributed by atoms with van der Waals surface area (Å²) in [6.45, 7) is 3.91. The average Bonchev–Trinajstić information content (AvgIpc) is 2.29. The summed E-state index contributed by atoms with van der Waals surface area (Å²) in [7, 11) is 0. The zero-order chi connectivity index (χ0) is 9.14. The Morgan fingerprint density at radius 1 is 1.58 bits per heavy atom. The number of aryl methyl sites for hydroxylation is 1. The summed E-state index contributed by atoms with van der Waals surface area (Å²) in [4.78, 5) is 0. The van der Waals surface area contributed by atoms with Crippen LogP contribution in [0.15, 0.2) is 0 Å². The Balaban J connectivity index is 3.10. The van der Waals surface area contributed by atoms with Gasteiger partial charge in [0.15, 0.2) is 0 Å². The van der Waals surface area contributed by atoms with Gasteiger partial charge in [0, 0.05) is 11.3 Å². The molecular weight excluding hydrogens is 154 g/mol. The van der Waals surface area contributed by atoms with Gasteiger partial charge in [-0.15, -0.1) is 0 Å². The van der Waals surface area contributed by atoms with Crippen molar-refractivity contribution in [2.75, 3.05) is 0 Å². The van der Waals surface area contributed by atoms with Crippen molar-refractivity contribution < 1.29 is 5.11 Å². The molecule has 0 bridgehead atoms. The molecule has 0 radical (unpaired) electrons. The minimum Gasteiger partial charge on any atom is -0.392 e. The van der Waals surface area contributed by atoms with Gasteiger partial charge in [0.2, 0.25) is 0 Å². The molecule has 0 atom stereocenters. The standard InChI is InChI=1S/C8H11N3O/c1-6-8(5-12)7(2)11(10-6)4-3-9/h12H,4-5H2,1-2H3. The summed E-state index contributed by atoms with van der Waals surface area (Å²) in [5, 5.41) is 21.5. The maximum Gasteiger partial charge on any atom is 0.128 e. The Morgan fingerprint density at radius 3 is 2.67 bits per heavy atom. The molecule has 4 heteroatoms. The molecule has 0 unspecified atom stereocenters. The summed E-state index contributed by atoms with van der Waals surface area (Å²) in [5.41, 5.74) is 2.49. The first kappa shape index (κ1) is 8.75. The molecule has 1 rings (SSSR count). The molecule has 0 spiro atoms. The van der Waals surface area contributed by atoms with Crippen LogP contribution < -0.4 is 0 Å². The van der Waals surface area contributed by atoms with E-state index in [9.17, 15) is 0 Å². The third kappa shape index (κ3) is 1.31. The van der Waals surface area contributed by atoms with Crippen molar-refractivity contribution in [1.29, 1.82) is 5.26 Å². The lowest BCUT2D eigenvalue weighted by Crippen LogP contribution is -2.00. The average molecular weight is 165 g/mol. The van der Waals surface area contributed by atoms with Crippen LogP contribution in [0.2, 0.25) is 0 Å². The summed E-state index contributed by atoms with van der Waals surface area (Å²) >= 11 is 0. The topological polar surface area (TPSA) is 61.8 Å². The van der Waals surface area contributed by atoms with Crippen molar-refractivity contribution in [3.05, 3.63) is 17.0 Å². The molecule has 0 aliphatic heterocycles. The van der Waals surface area contributed by atoms with Gasteiger partial charge in [0.05, 0.1) is 18.4 Å². The molecule has 0 saturated carbocycles. The summed E-state index contributed by atoms with van der Waals surface area (Å²) in [6.07, 6.45) is 0. The molecule has 64 valence electrons. The molecule has 0 fully saturated rings. The first-order valence-corrected chi connectivity index (χ1v) is 3.71. The Kier molecular flexibility index (Phi) is 2.46. The third-order valence-corrected chi connectivity index (χ3v) is 1.91. The highest BCUT2D eigenvalue weighted by Crippen LogP contribution is 2.11. The van der Waals surface area contributed by atoms with E-state index >= 15 is 0 Å². The minimum absolute atomic E-state index is 0.0108. The smallest absolute Gasteiger partial charge is 0.128 e. The monoisotopic (exact) mass is 165 g/mol. The maximum absolute atomic E-state index is 8.94. The van der Waals surface area contributed by atoms with E-state index in [2.05, 4.69) is 5.10 Å². The summed E-state index contributed by atoms with van der Waals surface area (Å²) < 4.78 is 1.60. The molecular formula is C8H11N3O. The van der Waals surface area contributed by atoms with Gasteiger partial charge in [-0.2, -0.15) is 10.4 Å². The predicted molar refractivity (Wildman–Crippen MR) is 43.2 cm³/mol. The second kappa shape index (κ2) is 3.37. The predicted octanol–water partition coefficient (Wildman–Crippen LogP) is 0.516. The molecule has 1 aromatic heterocycles. The number of aliphatic hydroxyl groups excluding tert-OH is 1. The highest BCUT2D eigenvalue weighted by molar-refractivity contribution is 5.23. The van der Waals surface area contributed by atoms with Crippen LogP contribution in [-0.4, -0.2) is 14.9 Å². The van der Waals surface area contributed by atoms with Crippen molar-refractivity contribution in [2.24, 2.45) is 0 Å². The van der Waals surface area contributed by atoms with Crippen LogP contribution in [0.25, 0.3) is 0 Å². The van der Waals surface area contributed by atoms with Crippen molar-refractivity contribution in [3.63, 3.8) is 0 Å². The molecule has 1 aromatic rings. The maximum atomic E-state index is 8.94. The summed E-state index contributed by atoms with van der Waals surface area (Å²) in [5.74, 6) is 0. The van der Waals surface area contributed by atoms with Crippen LogP contribution in [0.3, 0.4) is 0 Å². The Morgan fingerprint density at radius 2 is 2.25 bits per heavy atom.